The monoisotopic (exact) mass is 221 g/mol. The highest BCUT2D eigenvalue weighted by Crippen LogP contribution is 2.21. The average Bonchev–Trinajstić information content (AvgIpc) is 2.50. The molecule has 0 N–H and O–H groups in total. The molecule has 0 fully saturated rings. The molecule has 0 atom stereocenters. The van der Waals surface area contributed by atoms with Gasteiger partial charge < -0.3 is 4.42 Å². The van der Waals surface area contributed by atoms with Gasteiger partial charge in [0, 0.05) is 17.0 Å². The minimum absolute atomic E-state index is 0.826. The van der Waals surface area contributed by atoms with Crippen LogP contribution < -0.4 is 0 Å². The summed E-state index contributed by atoms with van der Waals surface area (Å²) in [6.07, 6.45) is 3.48. The van der Waals surface area contributed by atoms with Crippen LogP contribution in [-0.2, 0) is 0 Å². The Morgan fingerprint density at radius 3 is 2.76 bits per heavy atom. The van der Waals surface area contributed by atoms with Gasteiger partial charge in [-0.3, -0.25) is 4.98 Å². The summed E-state index contributed by atoms with van der Waals surface area (Å²) in [5.74, 6) is 0. The summed E-state index contributed by atoms with van der Waals surface area (Å²) in [4.78, 5) is 4.42. The number of pyridine rings is 1. The highest BCUT2D eigenvalue weighted by molar-refractivity contribution is 6.02. The van der Waals surface area contributed by atoms with Crippen LogP contribution in [0, 0.1) is 0 Å². The van der Waals surface area contributed by atoms with Gasteiger partial charge in [-0.05, 0) is 30.3 Å². The highest BCUT2D eigenvalue weighted by Gasteiger charge is 1.99. The molecule has 0 bridgehead atoms. The van der Waals surface area contributed by atoms with Crippen molar-refractivity contribution in [2.45, 2.75) is 0 Å². The van der Waals surface area contributed by atoms with Gasteiger partial charge in [-0.1, -0.05) is 24.3 Å². The first-order valence-electron chi connectivity index (χ1n) is 5.49. The Bertz CT molecular complexity index is 714. The normalized spacial score (nSPS) is 10.4. The lowest BCUT2D eigenvalue weighted by Gasteiger charge is -1.98. The first-order chi connectivity index (χ1) is 8.45. The van der Waals surface area contributed by atoms with Crippen LogP contribution in [0.25, 0.3) is 21.9 Å². The summed E-state index contributed by atoms with van der Waals surface area (Å²) >= 11 is 0. The van der Waals surface area contributed by atoms with E-state index in [-0.39, 0.29) is 0 Å². The van der Waals surface area contributed by atoms with Crippen LogP contribution >= 0.6 is 0 Å². The number of fused-ring (bicyclic) bond motifs is 3. The molecule has 0 aliphatic rings. The predicted octanol–water partition coefficient (Wildman–Crippen LogP) is 4.11. The second kappa shape index (κ2) is 4.26. The summed E-state index contributed by atoms with van der Waals surface area (Å²) in [6, 6.07) is 17.8. The topological polar surface area (TPSA) is 26.0 Å². The molecule has 17 heavy (non-hydrogen) atoms. The van der Waals surface area contributed by atoms with Crippen LogP contribution in [0.15, 0.2) is 71.5 Å². The molecule has 2 heterocycles. The lowest BCUT2D eigenvalue weighted by Crippen LogP contribution is -1.78. The second-order valence-electron chi connectivity index (χ2n) is 3.74. The molecular weight excluding hydrogens is 210 g/mol. The van der Waals surface area contributed by atoms with E-state index < -0.39 is 0 Å². The molecule has 0 aliphatic carbocycles. The van der Waals surface area contributed by atoms with E-state index in [4.69, 9.17) is 4.42 Å². The number of aromatic nitrogens is 1. The molecule has 3 aromatic rings. The Balaban J connectivity index is 2.54. The summed E-state index contributed by atoms with van der Waals surface area (Å²) in [5, 5.41) is 2.13. The van der Waals surface area contributed by atoms with Crippen LogP contribution in [0.5, 0.6) is 0 Å². The quantitative estimate of drug-likeness (QED) is 0.571. The van der Waals surface area contributed by atoms with Crippen molar-refractivity contribution in [2.24, 2.45) is 0 Å². The lowest BCUT2D eigenvalue weighted by molar-refractivity contribution is 0.607. The molecule has 0 saturated heterocycles. The molecule has 3 rings (SSSR count). The molecule has 0 spiro atoms. The number of rotatable bonds is 0. The molecule has 2 nitrogen and oxygen atoms in total. The molecule has 2 heteroatoms. The first-order valence-corrected chi connectivity index (χ1v) is 5.49. The predicted molar refractivity (Wildman–Crippen MR) is 69.1 cm³/mol. The third kappa shape index (κ3) is 1.85. The zero-order valence-corrected chi connectivity index (χ0v) is 9.21. The van der Waals surface area contributed by atoms with E-state index in [9.17, 15) is 0 Å². The van der Waals surface area contributed by atoms with E-state index in [2.05, 4.69) is 11.1 Å². The molecular formula is C15H11NO. The number of hydrogen-bond acceptors (Lipinski definition) is 2. The average molecular weight is 221 g/mol. The fraction of sp³-hybridized carbons (Fsp3) is 0. The zero-order valence-electron chi connectivity index (χ0n) is 9.21. The van der Waals surface area contributed by atoms with Gasteiger partial charge in [0.25, 0.3) is 0 Å². The molecule has 1 aromatic carbocycles. The molecule has 2 aromatic heterocycles. The zero-order chi connectivity index (χ0) is 11.5. The van der Waals surface area contributed by atoms with Gasteiger partial charge in [0.05, 0.1) is 11.8 Å². The van der Waals surface area contributed by atoms with Gasteiger partial charge in [0.15, 0.2) is 0 Å². The van der Waals surface area contributed by atoms with Crippen molar-refractivity contribution in [3.8, 4) is 0 Å². The molecule has 0 saturated carbocycles. The van der Waals surface area contributed by atoms with E-state index in [0.29, 0.717) is 0 Å². The van der Waals surface area contributed by atoms with Gasteiger partial charge in [0.1, 0.15) is 5.58 Å². The maximum atomic E-state index is 5.59. The summed E-state index contributed by atoms with van der Waals surface area (Å²) < 4.78 is 5.59. The maximum Gasteiger partial charge on any atom is 0.135 e. The third-order valence-electron chi connectivity index (χ3n) is 2.64. The maximum absolute atomic E-state index is 5.59. The number of benzene rings is 1. The van der Waals surface area contributed by atoms with Crippen molar-refractivity contribution in [3.63, 3.8) is 0 Å². The standard InChI is InChI=1S/C15H11NO/c1-2-4-11-17-14-9-8-12-6-5-10-16-15(12)13(14)7-3-1/h1-11H. The molecule has 0 aliphatic heterocycles. The van der Waals surface area contributed by atoms with Gasteiger partial charge >= 0.3 is 0 Å². The fourth-order valence-corrected chi connectivity index (χ4v) is 1.85. The van der Waals surface area contributed by atoms with Crippen molar-refractivity contribution in [1.29, 1.82) is 0 Å². The molecule has 82 valence electrons. The van der Waals surface area contributed by atoms with Crippen molar-refractivity contribution in [3.05, 3.63) is 67.1 Å². The van der Waals surface area contributed by atoms with E-state index >= 15 is 0 Å². The van der Waals surface area contributed by atoms with Crippen LogP contribution in [0.1, 0.15) is 0 Å². The van der Waals surface area contributed by atoms with Gasteiger partial charge in [-0.25, -0.2) is 0 Å². The van der Waals surface area contributed by atoms with Gasteiger partial charge in [-0.15, -0.1) is 0 Å². The van der Waals surface area contributed by atoms with E-state index in [1.165, 1.54) is 0 Å². The van der Waals surface area contributed by atoms with Crippen LogP contribution in [0.3, 0.4) is 0 Å². The first kappa shape index (κ1) is 9.85. The summed E-state index contributed by atoms with van der Waals surface area (Å²) in [7, 11) is 0. The van der Waals surface area contributed by atoms with Crippen molar-refractivity contribution >= 4 is 21.9 Å². The molecule has 0 unspecified atom stereocenters. The van der Waals surface area contributed by atoms with E-state index in [1.54, 1.807) is 12.5 Å². The highest BCUT2D eigenvalue weighted by atomic mass is 16.3. The minimum atomic E-state index is 0.826. The Morgan fingerprint density at radius 1 is 0.824 bits per heavy atom. The molecule has 0 radical (unpaired) electrons. The van der Waals surface area contributed by atoms with Gasteiger partial charge in [-0.2, -0.15) is 0 Å². The Kier molecular flexibility index (Phi) is 2.47. The smallest absolute Gasteiger partial charge is 0.135 e. The minimum Gasteiger partial charge on any atom is -0.464 e. The largest absolute Gasteiger partial charge is 0.464 e. The summed E-state index contributed by atoms with van der Waals surface area (Å²) in [6.45, 7) is 0. The van der Waals surface area contributed by atoms with Gasteiger partial charge in [0.2, 0.25) is 0 Å². The van der Waals surface area contributed by atoms with E-state index in [1.807, 2.05) is 48.5 Å². The van der Waals surface area contributed by atoms with Crippen LogP contribution in [-0.4, -0.2) is 4.98 Å². The van der Waals surface area contributed by atoms with Crippen LogP contribution in [0.2, 0.25) is 0 Å². The summed E-state index contributed by atoms with van der Waals surface area (Å²) in [5.41, 5.74) is 1.79. The molecule has 0 amide bonds. The van der Waals surface area contributed by atoms with E-state index in [0.717, 1.165) is 21.9 Å². The van der Waals surface area contributed by atoms with Crippen molar-refractivity contribution in [2.75, 3.05) is 0 Å². The number of hydrogen-bond donors (Lipinski definition) is 0. The second-order valence-corrected chi connectivity index (χ2v) is 3.74. The SMILES string of the molecule is c1cccc2c(ccc3cccnc32)occ1. The number of nitrogens with zero attached hydrogens (tertiary/aromatic N) is 1. The third-order valence-corrected chi connectivity index (χ3v) is 2.64. The fourth-order valence-electron chi connectivity index (χ4n) is 1.85. The van der Waals surface area contributed by atoms with Crippen molar-refractivity contribution in [1.82, 2.24) is 4.98 Å². The Morgan fingerprint density at radius 2 is 1.76 bits per heavy atom. The van der Waals surface area contributed by atoms with Crippen molar-refractivity contribution < 1.29 is 4.42 Å². The Hall–Kier alpha value is -2.35. The Labute approximate surface area is 98.9 Å². The van der Waals surface area contributed by atoms with Crippen LogP contribution in [0.4, 0.5) is 0 Å². The lowest BCUT2D eigenvalue weighted by atomic mass is 10.1.